The summed E-state index contributed by atoms with van der Waals surface area (Å²) in [4.78, 5) is 23.1. The molecule has 110 valence electrons. The van der Waals surface area contributed by atoms with Crippen molar-refractivity contribution < 1.29 is 14.7 Å². The Labute approximate surface area is 124 Å². The van der Waals surface area contributed by atoms with Gasteiger partial charge in [0.05, 0.1) is 6.10 Å². The summed E-state index contributed by atoms with van der Waals surface area (Å²) in [6.07, 6.45) is -1.18. The highest BCUT2D eigenvalue weighted by molar-refractivity contribution is 6.84. The maximum Gasteiger partial charge on any atom is 0.207 e. The number of ketones is 2. The summed E-state index contributed by atoms with van der Waals surface area (Å²) in [6.45, 7) is 12.2. The molecule has 0 aromatic rings. The SMILES string of the molecule is C[Si](C)(C)C#CC(=O)CC(O)CC(=O)C#C[Si](C)(C)C. The van der Waals surface area contributed by atoms with Gasteiger partial charge in [0.15, 0.2) is 0 Å². The minimum Gasteiger partial charge on any atom is -0.392 e. The lowest BCUT2D eigenvalue weighted by Crippen LogP contribution is -2.20. The van der Waals surface area contributed by atoms with Gasteiger partial charge in [-0.3, -0.25) is 9.59 Å². The minimum atomic E-state index is -1.58. The Balaban J connectivity index is 4.39. The van der Waals surface area contributed by atoms with E-state index in [1.165, 1.54) is 0 Å². The van der Waals surface area contributed by atoms with Crippen LogP contribution in [0.3, 0.4) is 0 Å². The molecule has 5 heteroatoms. The molecule has 0 saturated carbocycles. The van der Waals surface area contributed by atoms with Gasteiger partial charge in [0.2, 0.25) is 11.6 Å². The van der Waals surface area contributed by atoms with Crippen molar-refractivity contribution in [3.05, 3.63) is 0 Å². The molecule has 1 N–H and O–H groups in total. The monoisotopic (exact) mass is 308 g/mol. The van der Waals surface area contributed by atoms with Gasteiger partial charge in [-0.15, -0.1) is 11.1 Å². The van der Waals surface area contributed by atoms with Crippen molar-refractivity contribution in [3.8, 4) is 22.9 Å². The first-order valence-corrected chi connectivity index (χ1v) is 13.7. The Morgan fingerprint density at radius 3 is 1.40 bits per heavy atom. The molecule has 0 bridgehead atoms. The molecular weight excluding hydrogens is 284 g/mol. The summed E-state index contributed by atoms with van der Waals surface area (Å²) in [7, 11) is -3.17. The van der Waals surface area contributed by atoms with E-state index in [0.717, 1.165) is 0 Å². The second-order valence-corrected chi connectivity index (χ2v) is 16.4. The van der Waals surface area contributed by atoms with Crippen LogP contribution >= 0.6 is 0 Å². The average molecular weight is 309 g/mol. The Bertz CT molecular complexity index is 442. The van der Waals surface area contributed by atoms with E-state index in [-0.39, 0.29) is 24.4 Å². The predicted octanol–water partition coefficient (Wildman–Crippen LogP) is 2.03. The topological polar surface area (TPSA) is 54.4 Å². The highest BCUT2D eigenvalue weighted by atomic mass is 28.3. The van der Waals surface area contributed by atoms with Gasteiger partial charge in [0.25, 0.3) is 0 Å². The number of carbonyl (C=O) groups excluding carboxylic acids is 2. The molecule has 0 aromatic heterocycles. The van der Waals surface area contributed by atoms with Crippen molar-refractivity contribution in [2.75, 3.05) is 0 Å². The largest absolute Gasteiger partial charge is 0.392 e. The lowest BCUT2D eigenvalue weighted by Gasteiger charge is -2.06. The van der Waals surface area contributed by atoms with Crippen LogP contribution in [0.2, 0.25) is 39.3 Å². The number of hydrogen-bond donors (Lipinski definition) is 1. The summed E-state index contributed by atoms with van der Waals surface area (Å²) < 4.78 is 0. The van der Waals surface area contributed by atoms with Gasteiger partial charge in [-0.25, -0.2) is 0 Å². The van der Waals surface area contributed by atoms with Crippen LogP contribution in [-0.4, -0.2) is 38.9 Å². The lowest BCUT2D eigenvalue weighted by molar-refractivity contribution is -0.118. The summed E-state index contributed by atoms with van der Waals surface area (Å²) in [5.41, 5.74) is 5.89. The highest BCUT2D eigenvalue weighted by Gasteiger charge is 2.15. The number of hydrogen-bond acceptors (Lipinski definition) is 3. The molecule has 0 spiro atoms. The molecule has 0 rings (SSSR count). The van der Waals surface area contributed by atoms with Gasteiger partial charge in [0, 0.05) is 12.8 Å². The van der Waals surface area contributed by atoms with Crippen LogP contribution in [0.25, 0.3) is 0 Å². The van der Waals surface area contributed by atoms with E-state index in [9.17, 15) is 14.7 Å². The summed E-state index contributed by atoms with van der Waals surface area (Å²) in [5, 5.41) is 9.69. The first-order chi connectivity index (χ1) is 8.89. The minimum absolute atomic E-state index is 0.0994. The average Bonchev–Trinajstić information content (AvgIpc) is 2.21. The van der Waals surface area contributed by atoms with Crippen LogP contribution in [0.4, 0.5) is 0 Å². The zero-order valence-corrected chi connectivity index (χ0v) is 15.3. The second-order valence-electron chi connectivity index (χ2n) is 6.91. The zero-order valence-electron chi connectivity index (χ0n) is 13.3. The molecule has 0 aliphatic heterocycles. The molecule has 0 fully saturated rings. The second kappa shape index (κ2) is 7.59. The molecule has 20 heavy (non-hydrogen) atoms. The molecule has 0 unspecified atom stereocenters. The fourth-order valence-corrected chi connectivity index (χ4v) is 2.15. The van der Waals surface area contributed by atoms with Gasteiger partial charge in [-0.05, 0) is 11.8 Å². The zero-order chi connectivity index (χ0) is 16.0. The fourth-order valence-electron chi connectivity index (χ4n) is 1.12. The maximum absolute atomic E-state index is 11.5. The number of carbonyl (C=O) groups is 2. The number of aliphatic hydroxyl groups excluding tert-OH is 1. The molecule has 0 amide bonds. The third-order valence-corrected chi connectivity index (χ3v) is 3.75. The van der Waals surface area contributed by atoms with Gasteiger partial charge in [-0.2, -0.15) is 0 Å². The number of aliphatic hydroxyl groups is 1. The Morgan fingerprint density at radius 2 is 1.15 bits per heavy atom. The maximum atomic E-state index is 11.5. The van der Waals surface area contributed by atoms with Crippen molar-refractivity contribution in [2.45, 2.75) is 58.2 Å². The van der Waals surface area contributed by atoms with Crippen LogP contribution in [0.5, 0.6) is 0 Å². The van der Waals surface area contributed by atoms with Gasteiger partial charge in [-0.1, -0.05) is 39.3 Å². The number of rotatable bonds is 4. The van der Waals surface area contributed by atoms with Crippen molar-refractivity contribution in [3.63, 3.8) is 0 Å². The van der Waals surface area contributed by atoms with Crippen LogP contribution in [-0.2, 0) is 9.59 Å². The molecule has 0 radical (unpaired) electrons. The van der Waals surface area contributed by atoms with E-state index in [1.54, 1.807) is 0 Å². The van der Waals surface area contributed by atoms with Crippen LogP contribution in [0, 0.1) is 22.9 Å². The van der Waals surface area contributed by atoms with Gasteiger partial charge in [0.1, 0.15) is 16.1 Å². The first-order valence-electron chi connectivity index (χ1n) is 6.69. The Kier molecular flexibility index (Phi) is 7.15. The summed E-state index contributed by atoms with van der Waals surface area (Å²) in [6, 6.07) is 0. The quantitative estimate of drug-likeness (QED) is 0.638. The van der Waals surface area contributed by atoms with E-state index in [1.807, 2.05) is 39.3 Å². The standard InChI is InChI=1S/C15H24O3Si2/c1-19(2,3)9-7-13(16)11-15(18)12-14(17)8-10-20(4,5)6/h15,18H,11-12H2,1-6H3. The highest BCUT2D eigenvalue weighted by Crippen LogP contribution is 2.02. The van der Waals surface area contributed by atoms with E-state index in [2.05, 4.69) is 22.9 Å². The molecule has 0 atom stereocenters. The molecule has 0 heterocycles. The van der Waals surface area contributed by atoms with Gasteiger partial charge >= 0.3 is 0 Å². The van der Waals surface area contributed by atoms with Crippen LogP contribution in [0.1, 0.15) is 12.8 Å². The van der Waals surface area contributed by atoms with Crippen molar-refractivity contribution in [1.29, 1.82) is 0 Å². The van der Waals surface area contributed by atoms with E-state index >= 15 is 0 Å². The van der Waals surface area contributed by atoms with E-state index < -0.39 is 22.3 Å². The van der Waals surface area contributed by atoms with E-state index in [0.29, 0.717) is 0 Å². The normalized spacial score (nSPS) is 11.2. The van der Waals surface area contributed by atoms with Crippen molar-refractivity contribution in [2.24, 2.45) is 0 Å². The molecule has 0 aliphatic rings. The van der Waals surface area contributed by atoms with Crippen molar-refractivity contribution in [1.82, 2.24) is 0 Å². The third-order valence-electron chi connectivity index (χ3n) is 2.00. The van der Waals surface area contributed by atoms with Crippen LogP contribution in [0.15, 0.2) is 0 Å². The van der Waals surface area contributed by atoms with Gasteiger partial charge < -0.3 is 5.11 Å². The fraction of sp³-hybridized carbons (Fsp3) is 0.600. The van der Waals surface area contributed by atoms with Crippen molar-refractivity contribution >= 4 is 27.7 Å². The number of Topliss-reactive ketones (excluding diaryl/α,β-unsaturated/α-hetero) is 2. The smallest absolute Gasteiger partial charge is 0.207 e. The Morgan fingerprint density at radius 1 is 0.850 bits per heavy atom. The van der Waals surface area contributed by atoms with E-state index in [4.69, 9.17) is 0 Å². The summed E-state index contributed by atoms with van der Waals surface area (Å²) in [5.74, 6) is 4.48. The molecular formula is C15H24O3Si2. The molecule has 3 nitrogen and oxygen atoms in total. The molecule has 0 aliphatic carbocycles. The predicted molar refractivity (Wildman–Crippen MR) is 87.5 cm³/mol. The van der Waals surface area contributed by atoms with Crippen LogP contribution < -0.4 is 0 Å². The summed E-state index contributed by atoms with van der Waals surface area (Å²) >= 11 is 0. The third kappa shape index (κ3) is 11.9. The Hall–Kier alpha value is -1.15. The first kappa shape index (κ1) is 18.9. The lowest BCUT2D eigenvalue weighted by atomic mass is 10.1. The molecule has 0 saturated heterocycles. The molecule has 0 aromatic carbocycles.